The molecule has 2 heterocycles. The lowest BCUT2D eigenvalue weighted by atomic mass is 9.96. The van der Waals surface area contributed by atoms with Gasteiger partial charge < -0.3 is 23.8 Å². The molecule has 2 aliphatic rings. The first kappa shape index (κ1) is 25.1. The Hall–Kier alpha value is -2.99. The lowest BCUT2D eigenvalue weighted by Gasteiger charge is -2.46. The van der Waals surface area contributed by atoms with Crippen LogP contribution >= 0.6 is 8.25 Å². The van der Waals surface area contributed by atoms with Gasteiger partial charge in [0.1, 0.15) is 18.2 Å². The summed E-state index contributed by atoms with van der Waals surface area (Å²) < 4.78 is 40.1. The number of hydrogen-bond acceptors (Lipinski definition) is 10. The van der Waals surface area contributed by atoms with Gasteiger partial charge in [0.25, 0.3) is 5.69 Å². The average molecular weight is 504 g/mol. The number of ether oxygens (including phenoxy) is 4. The topological polar surface area (TPSA) is 178 Å². The van der Waals surface area contributed by atoms with Gasteiger partial charge in [0.2, 0.25) is 0 Å². The molecule has 2 saturated heterocycles. The summed E-state index contributed by atoms with van der Waals surface area (Å²) in [6.07, 6.45) is -4.41. The van der Waals surface area contributed by atoms with Crippen molar-refractivity contribution in [2.75, 3.05) is 13.2 Å². The highest BCUT2D eigenvalue weighted by atomic mass is 31.1. The van der Waals surface area contributed by atoms with Crippen LogP contribution in [0.1, 0.15) is 17.4 Å². The van der Waals surface area contributed by atoms with Crippen LogP contribution < -0.4 is 4.89 Å². The number of rotatable bonds is 9. The summed E-state index contributed by atoms with van der Waals surface area (Å²) in [5.41, 5.74) is 10.6. The Kier molecular flexibility index (Phi) is 8.34. The first-order valence-corrected chi connectivity index (χ1v) is 11.7. The van der Waals surface area contributed by atoms with Gasteiger partial charge in [-0.2, -0.15) is 0 Å². The fourth-order valence-corrected chi connectivity index (χ4v) is 4.40. The third-order valence-electron chi connectivity index (χ3n) is 5.59. The lowest BCUT2D eigenvalue weighted by molar-refractivity contribution is -0.384. The molecule has 35 heavy (non-hydrogen) atoms. The van der Waals surface area contributed by atoms with E-state index < -0.39 is 50.1 Å². The summed E-state index contributed by atoms with van der Waals surface area (Å²) in [5, 5.41) is 14.5. The van der Waals surface area contributed by atoms with E-state index in [2.05, 4.69) is 10.0 Å². The van der Waals surface area contributed by atoms with Crippen molar-refractivity contribution in [2.24, 2.45) is 5.11 Å². The summed E-state index contributed by atoms with van der Waals surface area (Å²) in [6, 6.07) is 13.9. The zero-order chi connectivity index (χ0) is 24.8. The van der Waals surface area contributed by atoms with Gasteiger partial charge in [0.15, 0.2) is 18.7 Å². The Balaban J connectivity index is 1.47. The van der Waals surface area contributed by atoms with Crippen LogP contribution in [0.5, 0.6) is 0 Å². The van der Waals surface area contributed by atoms with E-state index in [4.69, 9.17) is 29.0 Å². The molecule has 4 rings (SSSR count). The number of fused-ring (bicyclic) bond motifs is 1. The maximum atomic E-state index is 11.5. The van der Waals surface area contributed by atoms with E-state index >= 15 is 0 Å². The summed E-state index contributed by atoms with van der Waals surface area (Å²) in [6.45, 7) is 0.160. The largest absolute Gasteiger partial charge is 0.566 e. The molecule has 2 fully saturated rings. The Morgan fingerprint density at radius 1 is 1.17 bits per heavy atom. The molecule has 0 aromatic heterocycles. The molecule has 0 spiro atoms. The first-order valence-electron chi connectivity index (χ1n) is 10.6. The van der Waals surface area contributed by atoms with Gasteiger partial charge in [-0.3, -0.25) is 10.1 Å². The Morgan fingerprint density at radius 2 is 1.91 bits per heavy atom. The Morgan fingerprint density at radius 3 is 2.57 bits per heavy atom. The van der Waals surface area contributed by atoms with Crippen molar-refractivity contribution in [3.8, 4) is 0 Å². The molecule has 2 aromatic carbocycles. The molecule has 0 saturated carbocycles. The molecule has 14 heteroatoms. The van der Waals surface area contributed by atoms with Crippen LogP contribution in [-0.4, -0.2) is 48.8 Å². The summed E-state index contributed by atoms with van der Waals surface area (Å²) in [4.78, 5) is 24.6. The zero-order valence-electron chi connectivity index (χ0n) is 18.2. The van der Waals surface area contributed by atoms with E-state index in [9.17, 15) is 19.6 Å². The summed E-state index contributed by atoms with van der Waals surface area (Å²) in [5.74, 6) is 0. The number of benzene rings is 2. The minimum Gasteiger partial charge on any atom is -0.566 e. The van der Waals surface area contributed by atoms with E-state index in [1.807, 2.05) is 18.2 Å². The van der Waals surface area contributed by atoms with Gasteiger partial charge in [-0.15, -0.1) is 4.52 Å². The van der Waals surface area contributed by atoms with Crippen molar-refractivity contribution < 1.29 is 37.9 Å². The van der Waals surface area contributed by atoms with E-state index in [-0.39, 0.29) is 18.9 Å². The normalized spacial score (nSPS) is 28.4. The third kappa shape index (κ3) is 6.17. The van der Waals surface area contributed by atoms with Crippen LogP contribution in [0.2, 0.25) is 0 Å². The molecule has 184 valence electrons. The maximum Gasteiger partial charge on any atom is 0.488 e. The number of non-ortho nitro benzene ring substituents is 1. The third-order valence-corrected chi connectivity index (χ3v) is 6.01. The Bertz CT molecular complexity index is 1080. The molecular formula is C21H21N4O9P. The van der Waals surface area contributed by atoms with Crippen molar-refractivity contribution in [2.45, 2.75) is 43.4 Å². The fourth-order valence-electron chi connectivity index (χ4n) is 3.96. The Labute approximate surface area is 200 Å². The van der Waals surface area contributed by atoms with Crippen LogP contribution in [-0.2, 0) is 34.5 Å². The van der Waals surface area contributed by atoms with Crippen LogP contribution in [0.3, 0.4) is 0 Å². The van der Waals surface area contributed by atoms with Crippen LogP contribution in [0.25, 0.3) is 10.4 Å². The molecular weight excluding hydrogens is 483 g/mol. The monoisotopic (exact) mass is 504 g/mol. The van der Waals surface area contributed by atoms with Gasteiger partial charge in [-0.1, -0.05) is 47.6 Å². The molecule has 0 radical (unpaired) electrons. The minimum absolute atomic E-state index is 0.0300. The van der Waals surface area contributed by atoms with Crippen molar-refractivity contribution in [3.05, 3.63) is 86.3 Å². The van der Waals surface area contributed by atoms with Crippen LogP contribution in [0.4, 0.5) is 5.69 Å². The van der Waals surface area contributed by atoms with Crippen LogP contribution in [0.15, 0.2) is 59.7 Å². The SMILES string of the molecule is [N-]=[N+]=N[C@H]1[C@H](OCCc2ccc([N+](=O)[O-])cc2)O[C@@H]2CO[C@H](c3ccccc3)O[C@@H]2[C@@H]1O[P+](=O)[O-]. The highest BCUT2D eigenvalue weighted by molar-refractivity contribution is 7.30. The van der Waals surface area contributed by atoms with E-state index in [1.54, 1.807) is 24.3 Å². The lowest BCUT2D eigenvalue weighted by Crippen LogP contribution is -2.62. The second kappa shape index (κ2) is 11.6. The van der Waals surface area contributed by atoms with Crippen molar-refractivity contribution in [1.82, 2.24) is 0 Å². The molecule has 2 aliphatic heterocycles. The zero-order valence-corrected chi connectivity index (χ0v) is 19.1. The number of azide groups is 1. The number of nitrogens with zero attached hydrogens (tertiary/aromatic N) is 4. The molecule has 0 bridgehead atoms. The van der Waals surface area contributed by atoms with E-state index in [1.165, 1.54) is 12.1 Å². The van der Waals surface area contributed by atoms with E-state index in [0.717, 1.165) is 11.1 Å². The molecule has 2 aromatic rings. The van der Waals surface area contributed by atoms with Crippen molar-refractivity contribution in [1.29, 1.82) is 0 Å². The second-order valence-corrected chi connectivity index (χ2v) is 8.41. The van der Waals surface area contributed by atoms with Crippen LogP contribution in [0, 0.1) is 10.1 Å². The molecule has 13 nitrogen and oxygen atoms in total. The predicted molar refractivity (Wildman–Crippen MR) is 117 cm³/mol. The van der Waals surface area contributed by atoms with Gasteiger partial charge in [-0.25, -0.2) is 0 Å². The molecule has 0 N–H and O–H groups in total. The average Bonchev–Trinajstić information content (AvgIpc) is 2.86. The maximum absolute atomic E-state index is 11.5. The molecule has 0 amide bonds. The first-order chi connectivity index (χ1) is 17.0. The quantitative estimate of drug-likeness (QED) is 0.124. The molecule has 1 unspecified atom stereocenters. The minimum atomic E-state index is -3.31. The number of nitro groups is 1. The summed E-state index contributed by atoms with van der Waals surface area (Å²) >= 11 is 0. The van der Waals surface area contributed by atoms with Gasteiger partial charge in [0, 0.05) is 22.6 Å². The number of hydrogen-bond donors (Lipinski definition) is 0. The standard InChI is InChI=1S/C21H21N4O9P/c22-24-23-17-19(34-35(28)29)18-16(12-31-20(33-18)14-4-2-1-3-5-14)32-21(17)30-11-10-13-6-8-15(9-7-13)25(26)27/h1-9,16-21H,10-12H2/t16-,17-,18+,19-,20+,21-/m1/s1. The van der Waals surface area contributed by atoms with Crippen molar-refractivity contribution >= 4 is 13.9 Å². The van der Waals surface area contributed by atoms with Gasteiger partial charge >= 0.3 is 8.25 Å². The van der Waals surface area contributed by atoms with Crippen molar-refractivity contribution in [3.63, 3.8) is 0 Å². The highest BCUT2D eigenvalue weighted by Crippen LogP contribution is 2.38. The smallest absolute Gasteiger partial charge is 0.488 e. The molecule has 0 aliphatic carbocycles. The van der Waals surface area contributed by atoms with Gasteiger partial charge in [-0.05, 0) is 22.1 Å². The predicted octanol–water partition coefficient (Wildman–Crippen LogP) is 3.07. The summed E-state index contributed by atoms with van der Waals surface area (Å²) in [7, 11) is -3.31. The van der Waals surface area contributed by atoms with E-state index in [0.29, 0.717) is 6.42 Å². The van der Waals surface area contributed by atoms with Gasteiger partial charge in [0.05, 0.1) is 18.1 Å². The fraction of sp³-hybridized carbons (Fsp3) is 0.429. The number of nitro benzene ring substituents is 1. The highest BCUT2D eigenvalue weighted by Gasteiger charge is 2.53. The molecule has 7 atom stereocenters. The second-order valence-electron chi connectivity index (χ2n) is 7.75.